The Morgan fingerprint density at radius 1 is 1.12 bits per heavy atom. The van der Waals surface area contributed by atoms with Crippen molar-refractivity contribution >= 4 is 28.5 Å². The number of ether oxygens (including phenoxy) is 1. The molecule has 0 spiro atoms. The van der Waals surface area contributed by atoms with Crippen molar-refractivity contribution in [3.63, 3.8) is 0 Å². The lowest BCUT2D eigenvalue weighted by Crippen LogP contribution is -2.52. The van der Waals surface area contributed by atoms with Crippen molar-refractivity contribution in [2.24, 2.45) is 5.92 Å². The Morgan fingerprint density at radius 2 is 1.97 bits per heavy atom. The topological polar surface area (TPSA) is 87.8 Å². The minimum Gasteiger partial charge on any atom is -0.497 e. The van der Waals surface area contributed by atoms with Gasteiger partial charge in [0, 0.05) is 51.0 Å². The number of fused-ring (bicyclic) bond motifs is 1. The first-order valence-electron chi connectivity index (χ1n) is 11.1. The van der Waals surface area contributed by atoms with Gasteiger partial charge in [-0.1, -0.05) is 11.2 Å². The number of methoxy groups -OCH3 is 1. The van der Waals surface area contributed by atoms with Crippen LogP contribution in [0.25, 0.3) is 11.1 Å². The van der Waals surface area contributed by atoms with Crippen LogP contribution in [0, 0.1) is 12.8 Å². The number of benzene rings is 1. The fourth-order valence-corrected chi connectivity index (χ4v) is 4.77. The van der Waals surface area contributed by atoms with Gasteiger partial charge in [0.1, 0.15) is 23.3 Å². The van der Waals surface area contributed by atoms with E-state index in [1.54, 1.807) is 7.11 Å². The second-order valence-electron chi connectivity index (χ2n) is 8.44. The number of piperidine rings is 1. The third kappa shape index (κ3) is 3.83. The molecule has 2 aromatic heterocycles. The van der Waals surface area contributed by atoms with Crippen LogP contribution in [-0.2, 0) is 4.79 Å². The lowest BCUT2D eigenvalue weighted by Gasteiger charge is -2.40. The van der Waals surface area contributed by atoms with Crippen molar-refractivity contribution in [3.8, 4) is 5.75 Å². The Balaban J connectivity index is 1.24. The van der Waals surface area contributed by atoms with Crippen LogP contribution in [0.5, 0.6) is 5.75 Å². The first-order chi connectivity index (χ1) is 15.6. The van der Waals surface area contributed by atoms with Crippen molar-refractivity contribution in [1.82, 2.24) is 20.0 Å². The molecule has 32 heavy (non-hydrogen) atoms. The van der Waals surface area contributed by atoms with Gasteiger partial charge in [0.15, 0.2) is 0 Å². The van der Waals surface area contributed by atoms with E-state index >= 15 is 0 Å². The van der Waals surface area contributed by atoms with Gasteiger partial charge in [0.05, 0.1) is 18.7 Å². The van der Waals surface area contributed by atoms with Crippen molar-refractivity contribution in [1.29, 1.82) is 0 Å². The van der Waals surface area contributed by atoms with E-state index in [2.05, 4.69) is 31.0 Å². The van der Waals surface area contributed by atoms with Crippen LogP contribution >= 0.6 is 0 Å². The predicted octanol–water partition coefficient (Wildman–Crippen LogP) is 2.50. The molecule has 5 rings (SSSR count). The van der Waals surface area contributed by atoms with E-state index in [0.717, 1.165) is 73.9 Å². The van der Waals surface area contributed by atoms with E-state index in [9.17, 15) is 4.79 Å². The fourth-order valence-electron chi connectivity index (χ4n) is 4.77. The molecular weight excluding hydrogens is 408 g/mol. The van der Waals surface area contributed by atoms with E-state index in [1.165, 1.54) is 6.33 Å². The molecule has 1 aromatic carbocycles. The number of hydrogen-bond donors (Lipinski definition) is 0. The number of nitrogens with zero attached hydrogens (tertiary/aromatic N) is 6. The normalized spacial score (nSPS) is 19.4. The molecule has 3 aromatic rings. The summed E-state index contributed by atoms with van der Waals surface area (Å²) in [5.41, 5.74) is 2.41. The summed E-state index contributed by atoms with van der Waals surface area (Å²) < 4.78 is 10.6. The molecule has 9 heteroatoms. The largest absolute Gasteiger partial charge is 0.497 e. The maximum atomic E-state index is 13.4. The number of amides is 1. The Morgan fingerprint density at radius 3 is 2.78 bits per heavy atom. The average molecular weight is 437 g/mol. The van der Waals surface area contributed by atoms with Crippen molar-refractivity contribution in [2.75, 3.05) is 56.2 Å². The molecule has 0 bridgehead atoms. The first-order valence-corrected chi connectivity index (χ1v) is 11.1. The van der Waals surface area contributed by atoms with Gasteiger partial charge in [-0.25, -0.2) is 4.98 Å². The van der Waals surface area contributed by atoms with Gasteiger partial charge in [-0.2, -0.15) is 4.98 Å². The molecule has 2 fully saturated rings. The number of aromatic nitrogens is 3. The molecule has 0 aliphatic carbocycles. The van der Waals surface area contributed by atoms with Gasteiger partial charge in [0.25, 0.3) is 5.71 Å². The number of anilines is 2. The van der Waals surface area contributed by atoms with E-state index < -0.39 is 0 Å². The summed E-state index contributed by atoms with van der Waals surface area (Å²) in [4.78, 5) is 28.5. The maximum Gasteiger partial charge on any atom is 0.263 e. The van der Waals surface area contributed by atoms with Gasteiger partial charge in [0.2, 0.25) is 5.91 Å². The number of rotatable bonds is 4. The molecule has 0 unspecified atom stereocenters. The summed E-state index contributed by atoms with van der Waals surface area (Å²) in [6.45, 7) is 6.52. The molecule has 4 heterocycles. The van der Waals surface area contributed by atoms with Gasteiger partial charge >= 0.3 is 0 Å². The van der Waals surface area contributed by atoms with E-state index in [1.807, 2.05) is 30.0 Å². The van der Waals surface area contributed by atoms with Crippen LogP contribution in [0.15, 0.2) is 35.1 Å². The van der Waals surface area contributed by atoms with Gasteiger partial charge in [-0.05, 0) is 31.9 Å². The number of aryl methyl sites for hydroxylation is 1. The van der Waals surface area contributed by atoms with Crippen molar-refractivity contribution < 1.29 is 14.1 Å². The lowest BCUT2D eigenvalue weighted by atomic mass is 9.96. The van der Waals surface area contributed by atoms with Crippen molar-refractivity contribution in [2.45, 2.75) is 19.8 Å². The summed E-state index contributed by atoms with van der Waals surface area (Å²) in [5.74, 6) is 1.88. The molecule has 2 saturated heterocycles. The van der Waals surface area contributed by atoms with Crippen molar-refractivity contribution in [3.05, 3.63) is 36.3 Å². The van der Waals surface area contributed by atoms with Crippen LogP contribution in [0.1, 0.15) is 18.5 Å². The highest BCUT2D eigenvalue weighted by molar-refractivity contribution is 5.88. The molecule has 9 nitrogen and oxygen atoms in total. The second kappa shape index (κ2) is 8.64. The third-order valence-electron chi connectivity index (χ3n) is 6.50. The van der Waals surface area contributed by atoms with Crippen LogP contribution in [-0.4, -0.2) is 72.3 Å². The Hall–Kier alpha value is -3.36. The third-order valence-corrected chi connectivity index (χ3v) is 6.50. The molecule has 2 aliphatic heterocycles. The molecule has 2 aliphatic rings. The Labute approximate surface area is 186 Å². The summed E-state index contributed by atoms with van der Waals surface area (Å²) >= 11 is 0. The van der Waals surface area contributed by atoms with Gasteiger partial charge < -0.3 is 24.0 Å². The molecule has 168 valence electrons. The Kier molecular flexibility index (Phi) is 5.55. The van der Waals surface area contributed by atoms with E-state index in [4.69, 9.17) is 9.26 Å². The number of piperazine rings is 1. The summed E-state index contributed by atoms with van der Waals surface area (Å²) in [6.07, 6.45) is 3.36. The van der Waals surface area contributed by atoms with E-state index in [-0.39, 0.29) is 11.8 Å². The summed E-state index contributed by atoms with van der Waals surface area (Å²) in [6, 6.07) is 8.09. The first kappa shape index (κ1) is 20.5. The smallest absolute Gasteiger partial charge is 0.263 e. The van der Waals surface area contributed by atoms with Gasteiger partial charge in [-0.3, -0.25) is 4.79 Å². The van der Waals surface area contributed by atoms with Crippen LogP contribution in [0.2, 0.25) is 0 Å². The number of carbonyl (C=O) groups is 1. The molecule has 1 amide bonds. The summed E-state index contributed by atoms with van der Waals surface area (Å²) in [5, 5.41) is 4.87. The number of hydrogen-bond acceptors (Lipinski definition) is 8. The SMILES string of the molecule is COc1cccc(N2CCN(C(=O)[C@@H]3CCCN(c4ncnc5onc(C)c45)C3)CC2)c1. The average Bonchev–Trinajstić information content (AvgIpc) is 3.25. The highest BCUT2D eigenvalue weighted by Gasteiger charge is 2.32. The summed E-state index contributed by atoms with van der Waals surface area (Å²) in [7, 11) is 1.68. The Bertz CT molecular complexity index is 1110. The predicted molar refractivity (Wildman–Crippen MR) is 121 cm³/mol. The zero-order valence-electron chi connectivity index (χ0n) is 18.5. The van der Waals surface area contributed by atoms with Crippen LogP contribution in [0.4, 0.5) is 11.5 Å². The monoisotopic (exact) mass is 436 g/mol. The van der Waals surface area contributed by atoms with Crippen LogP contribution in [0.3, 0.4) is 0 Å². The van der Waals surface area contributed by atoms with E-state index in [0.29, 0.717) is 12.3 Å². The quantitative estimate of drug-likeness (QED) is 0.617. The molecule has 0 N–H and O–H groups in total. The standard InChI is InChI=1S/C23H28N6O3/c1-16-20-21(24-15-25-22(20)32-26-16)29-8-4-5-17(14-29)23(30)28-11-9-27(10-12-28)18-6-3-7-19(13-18)31-2/h3,6-7,13,15,17H,4-5,8-12,14H2,1-2H3/t17-/m1/s1. The fraction of sp³-hybridized carbons (Fsp3) is 0.478. The molecule has 0 saturated carbocycles. The highest BCUT2D eigenvalue weighted by atomic mass is 16.5. The number of carbonyl (C=O) groups excluding carboxylic acids is 1. The highest BCUT2D eigenvalue weighted by Crippen LogP contribution is 2.30. The minimum absolute atomic E-state index is 0.0303. The minimum atomic E-state index is -0.0303. The van der Waals surface area contributed by atoms with Gasteiger partial charge in [-0.15, -0.1) is 0 Å². The zero-order valence-corrected chi connectivity index (χ0v) is 18.5. The lowest BCUT2D eigenvalue weighted by molar-refractivity contribution is -0.136. The second-order valence-corrected chi connectivity index (χ2v) is 8.44. The molecular formula is C23H28N6O3. The molecule has 0 radical (unpaired) electrons. The zero-order chi connectivity index (χ0) is 22.1. The maximum absolute atomic E-state index is 13.4. The molecule has 1 atom stereocenters. The van der Waals surface area contributed by atoms with Crippen LogP contribution < -0.4 is 14.5 Å².